The molecule has 0 fully saturated rings. The van der Waals surface area contributed by atoms with Crippen LogP contribution in [0.25, 0.3) is 11.3 Å². The zero-order valence-corrected chi connectivity index (χ0v) is 17.3. The first kappa shape index (κ1) is 18.9. The minimum Gasteiger partial charge on any atom is -0.441 e. The van der Waals surface area contributed by atoms with Crippen molar-refractivity contribution >= 4 is 10.0 Å². The van der Waals surface area contributed by atoms with Gasteiger partial charge in [-0.2, -0.15) is 5.10 Å². The third kappa shape index (κ3) is 3.27. The molecule has 7 nitrogen and oxygen atoms in total. The minimum atomic E-state index is -3.71. The first-order chi connectivity index (χ1) is 13.3. The lowest BCUT2D eigenvalue weighted by Gasteiger charge is -2.25. The quantitative estimate of drug-likeness (QED) is 0.725. The van der Waals surface area contributed by atoms with Crippen molar-refractivity contribution in [2.24, 2.45) is 7.05 Å². The number of rotatable bonds is 4. The number of aryl methyl sites for hydroxylation is 4. The van der Waals surface area contributed by atoms with Gasteiger partial charge in [-0.05, 0) is 44.7 Å². The molecule has 1 aliphatic carbocycles. The standard InChI is InChI=1S/C20H24N4O3S/c1-12-8-9-15(18-11-21-14(3)27-18)10-19(12)28(25,26)23-16-6-5-7-17-20(16)13(2)22-24(17)4/h8-11,16,23H,5-7H2,1-4H3. The Bertz CT molecular complexity index is 1140. The van der Waals surface area contributed by atoms with Crippen molar-refractivity contribution in [1.29, 1.82) is 0 Å². The molecule has 8 heteroatoms. The Balaban J connectivity index is 1.70. The molecule has 3 aromatic rings. The van der Waals surface area contributed by atoms with Crippen LogP contribution in [0.5, 0.6) is 0 Å². The number of hydrogen-bond acceptors (Lipinski definition) is 5. The van der Waals surface area contributed by atoms with Crippen LogP contribution in [-0.2, 0) is 23.5 Å². The summed E-state index contributed by atoms with van der Waals surface area (Å²) in [6, 6.07) is 5.03. The van der Waals surface area contributed by atoms with Crippen LogP contribution in [0, 0.1) is 20.8 Å². The van der Waals surface area contributed by atoms with Crippen molar-refractivity contribution in [2.75, 3.05) is 0 Å². The Morgan fingerprint density at radius 3 is 2.75 bits per heavy atom. The maximum Gasteiger partial charge on any atom is 0.241 e. The van der Waals surface area contributed by atoms with Crippen molar-refractivity contribution in [3.63, 3.8) is 0 Å². The summed E-state index contributed by atoms with van der Waals surface area (Å²) in [5.74, 6) is 1.09. The van der Waals surface area contributed by atoms with Crippen molar-refractivity contribution in [1.82, 2.24) is 19.5 Å². The highest BCUT2D eigenvalue weighted by atomic mass is 32.2. The zero-order chi connectivity index (χ0) is 20.1. The first-order valence-electron chi connectivity index (χ1n) is 9.34. The van der Waals surface area contributed by atoms with Gasteiger partial charge in [0.25, 0.3) is 0 Å². The van der Waals surface area contributed by atoms with Gasteiger partial charge in [-0.25, -0.2) is 18.1 Å². The second-order valence-electron chi connectivity index (χ2n) is 7.36. The van der Waals surface area contributed by atoms with Gasteiger partial charge in [-0.15, -0.1) is 0 Å². The highest BCUT2D eigenvalue weighted by Crippen LogP contribution is 2.34. The van der Waals surface area contributed by atoms with Crippen molar-refractivity contribution < 1.29 is 12.8 Å². The van der Waals surface area contributed by atoms with Gasteiger partial charge in [0.05, 0.1) is 22.8 Å². The zero-order valence-electron chi connectivity index (χ0n) is 16.5. The molecule has 1 unspecified atom stereocenters. The fourth-order valence-corrected chi connectivity index (χ4v) is 5.51. The van der Waals surface area contributed by atoms with Crippen molar-refractivity contribution in [3.8, 4) is 11.3 Å². The van der Waals surface area contributed by atoms with E-state index in [2.05, 4.69) is 14.8 Å². The van der Waals surface area contributed by atoms with Gasteiger partial charge in [0.15, 0.2) is 11.7 Å². The fraction of sp³-hybridized carbons (Fsp3) is 0.400. The molecule has 28 heavy (non-hydrogen) atoms. The van der Waals surface area contributed by atoms with E-state index in [1.54, 1.807) is 32.2 Å². The second kappa shape index (κ2) is 6.86. The molecule has 0 spiro atoms. The van der Waals surface area contributed by atoms with E-state index in [0.717, 1.165) is 36.2 Å². The Kier molecular flexibility index (Phi) is 4.63. The highest BCUT2D eigenvalue weighted by Gasteiger charge is 2.30. The van der Waals surface area contributed by atoms with Gasteiger partial charge >= 0.3 is 0 Å². The molecule has 0 saturated carbocycles. The van der Waals surface area contributed by atoms with Crippen LogP contribution in [0.2, 0.25) is 0 Å². The Hall–Kier alpha value is -2.45. The largest absolute Gasteiger partial charge is 0.441 e. The Morgan fingerprint density at radius 2 is 2.04 bits per heavy atom. The summed E-state index contributed by atoms with van der Waals surface area (Å²) in [7, 11) is -1.80. The average molecular weight is 401 g/mol. The molecule has 2 heterocycles. The summed E-state index contributed by atoms with van der Waals surface area (Å²) in [6.45, 7) is 5.49. The van der Waals surface area contributed by atoms with Crippen LogP contribution >= 0.6 is 0 Å². The fourth-order valence-electron chi connectivity index (χ4n) is 4.00. The van der Waals surface area contributed by atoms with Gasteiger partial charge in [0.1, 0.15) is 0 Å². The van der Waals surface area contributed by atoms with Crippen LogP contribution in [-0.4, -0.2) is 23.2 Å². The summed E-state index contributed by atoms with van der Waals surface area (Å²) >= 11 is 0. The number of nitrogens with one attached hydrogen (secondary N) is 1. The summed E-state index contributed by atoms with van der Waals surface area (Å²) < 4.78 is 36.8. The second-order valence-corrected chi connectivity index (χ2v) is 9.04. The average Bonchev–Trinajstić information content (AvgIpc) is 3.19. The van der Waals surface area contributed by atoms with Crippen LogP contribution < -0.4 is 4.72 Å². The number of oxazole rings is 1. The minimum absolute atomic E-state index is 0.257. The monoisotopic (exact) mass is 400 g/mol. The van der Waals surface area contributed by atoms with Crippen LogP contribution in [0.1, 0.15) is 47.3 Å². The number of aromatic nitrogens is 3. The molecule has 0 amide bonds. The molecule has 1 atom stereocenters. The summed E-state index contributed by atoms with van der Waals surface area (Å²) in [6.07, 6.45) is 4.22. The lowest BCUT2D eigenvalue weighted by Crippen LogP contribution is -2.31. The summed E-state index contributed by atoms with van der Waals surface area (Å²) in [5.41, 5.74) is 4.38. The van der Waals surface area contributed by atoms with Gasteiger partial charge in [0.2, 0.25) is 10.0 Å². The number of sulfonamides is 1. The first-order valence-corrected chi connectivity index (χ1v) is 10.8. The highest BCUT2D eigenvalue weighted by molar-refractivity contribution is 7.89. The third-order valence-corrected chi connectivity index (χ3v) is 6.94. The number of fused-ring (bicyclic) bond motifs is 1. The van der Waals surface area contributed by atoms with E-state index in [-0.39, 0.29) is 10.9 Å². The van der Waals surface area contributed by atoms with Gasteiger partial charge < -0.3 is 4.42 Å². The number of hydrogen-bond donors (Lipinski definition) is 1. The van der Waals surface area contributed by atoms with E-state index in [4.69, 9.17) is 4.42 Å². The molecular weight excluding hydrogens is 376 g/mol. The Morgan fingerprint density at radius 1 is 1.25 bits per heavy atom. The third-order valence-electron chi connectivity index (χ3n) is 5.33. The lowest BCUT2D eigenvalue weighted by molar-refractivity contribution is 0.497. The molecule has 148 valence electrons. The van der Waals surface area contributed by atoms with E-state index in [1.165, 1.54) is 0 Å². The molecule has 1 aromatic carbocycles. The van der Waals surface area contributed by atoms with Gasteiger partial charge in [-0.3, -0.25) is 4.68 Å². The Labute approximate surface area is 164 Å². The predicted molar refractivity (Wildman–Crippen MR) is 105 cm³/mol. The molecule has 4 rings (SSSR count). The van der Waals surface area contributed by atoms with E-state index in [1.807, 2.05) is 24.7 Å². The van der Waals surface area contributed by atoms with Gasteiger partial charge in [0, 0.05) is 30.8 Å². The molecule has 0 radical (unpaired) electrons. The number of nitrogens with zero attached hydrogens (tertiary/aromatic N) is 3. The van der Waals surface area contributed by atoms with Crippen LogP contribution in [0.4, 0.5) is 0 Å². The molecule has 0 bridgehead atoms. The smallest absolute Gasteiger partial charge is 0.241 e. The molecule has 1 N–H and O–H groups in total. The van der Waals surface area contributed by atoms with E-state index in [9.17, 15) is 8.42 Å². The molecule has 0 saturated heterocycles. The lowest BCUT2D eigenvalue weighted by atomic mass is 9.92. The van der Waals surface area contributed by atoms with E-state index < -0.39 is 10.0 Å². The molecular formula is C20H24N4O3S. The van der Waals surface area contributed by atoms with Crippen molar-refractivity contribution in [2.45, 2.75) is 51.0 Å². The van der Waals surface area contributed by atoms with E-state index in [0.29, 0.717) is 22.8 Å². The predicted octanol–water partition coefficient (Wildman–Crippen LogP) is 3.36. The van der Waals surface area contributed by atoms with Gasteiger partial charge in [-0.1, -0.05) is 12.1 Å². The van der Waals surface area contributed by atoms with Crippen molar-refractivity contribution in [3.05, 3.63) is 52.8 Å². The van der Waals surface area contributed by atoms with Crippen LogP contribution in [0.3, 0.4) is 0 Å². The maximum absolute atomic E-state index is 13.3. The van der Waals surface area contributed by atoms with E-state index >= 15 is 0 Å². The maximum atomic E-state index is 13.3. The molecule has 2 aromatic heterocycles. The number of benzene rings is 1. The summed E-state index contributed by atoms with van der Waals surface area (Å²) in [5, 5.41) is 4.48. The molecule has 0 aliphatic heterocycles. The normalized spacial score (nSPS) is 16.9. The molecule has 1 aliphatic rings. The summed E-state index contributed by atoms with van der Waals surface area (Å²) in [4.78, 5) is 4.35. The van der Waals surface area contributed by atoms with Crippen LogP contribution in [0.15, 0.2) is 33.7 Å². The topological polar surface area (TPSA) is 90.0 Å². The SMILES string of the molecule is Cc1ncc(-c2ccc(C)c(S(=O)(=O)NC3CCCc4c3c(C)nn4C)c2)o1.